The maximum absolute atomic E-state index is 12.4. The SMILES string of the molecule is COc1ccc(/C=N\NC(=S)NCC[NH+]2CCOCC2)cc1OC(F)F. The molecular weight excluding hydrogens is 366 g/mol. The lowest BCUT2D eigenvalue weighted by molar-refractivity contribution is -0.906. The van der Waals surface area contributed by atoms with Crippen molar-refractivity contribution in [2.24, 2.45) is 5.10 Å². The Kier molecular flexibility index (Phi) is 8.45. The van der Waals surface area contributed by atoms with Crippen molar-refractivity contribution >= 4 is 23.5 Å². The third-order valence-electron chi connectivity index (χ3n) is 3.75. The summed E-state index contributed by atoms with van der Waals surface area (Å²) < 4.78 is 39.6. The Labute approximate surface area is 156 Å². The second kappa shape index (κ2) is 10.8. The van der Waals surface area contributed by atoms with E-state index in [1.807, 2.05) is 0 Å². The Morgan fingerprint density at radius 1 is 1.38 bits per heavy atom. The van der Waals surface area contributed by atoms with Crippen LogP contribution in [0.3, 0.4) is 0 Å². The minimum Gasteiger partial charge on any atom is -0.493 e. The molecule has 1 aliphatic heterocycles. The van der Waals surface area contributed by atoms with E-state index in [9.17, 15) is 8.78 Å². The van der Waals surface area contributed by atoms with Crippen molar-refractivity contribution < 1.29 is 27.9 Å². The molecule has 0 unspecified atom stereocenters. The number of halogens is 2. The van der Waals surface area contributed by atoms with Gasteiger partial charge in [0.15, 0.2) is 16.6 Å². The maximum Gasteiger partial charge on any atom is 0.387 e. The van der Waals surface area contributed by atoms with Crippen LogP contribution in [0, 0.1) is 0 Å². The zero-order valence-electron chi connectivity index (χ0n) is 14.5. The number of hydrogen-bond donors (Lipinski definition) is 3. The van der Waals surface area contributed by atoms with Gasteiger partial charge in [0.05, 0.1) is 39.6 Å². The van der Waals surface area contributed by atoms with E-state index in [2.05, 4.69) is 20.6 Å². The molecule has 1 saturated heterocycles. The number of alkyl halides is 2. The molecule has 10 heteroatoms. The van der Waals surface area contributed by atoms with Crippen molar-refractivity contribution in [3.8, 4) is 11.5 Å². The van der Waals surface area contributed by atoms with Crippen molar-refractivity contribution in [1.82, 2.24) is 10.7 Å². The second-order valence-corrected chi connectivity index (χ2v) is 5.94. The number of benzene rings is 1. The minimum absolute atomic E-state index is 0.0550. The van der Waals surface area contributed by atoms with E-state index in [0.717, 1.165) is 39.4 Å². The quantitative estimate of drug-likeness (QED) is 0.331. The van der Waals surface area contributed by atoms with Crippen LogP contribution in [0.1, 0.15) is 5.56 Å². The first-order chi connectivity index (χ1) is 12.6. The summed E-state index contributed by atoms with van der Waals surface area (Å²) in [5.41, 5.74) is 3.26. The van der Waals surface area contributed by atoms with E-state index in [4.69, 9.17) is 21.7 Å². The largest absolute Gasteiger partial charge is 0.493 e. The number of morpholine rings is 1. The summed E-state index contributed by atoms with van der Waals surface area (Å²) in [5, 5.41) is 7.46. The monoisotopic (exact) mass is 389 g/mol. The lowest BCUT2D eigenvalue weighted by Crippen LogP contribution is -3.14. The summed E-state index contributed by atoms with van der Waals surface area (Å²) in [4.78, 5) is 1.47. The fourth-order valence-electron chi connectivity index (χ4n) is 2.43. The van der Waals surface area contributed by atoms with E-state index in [1.54, 1.807) is 6.07 Å². The van der Waals surface area contributed by atoms with Crippen molar-refractivity contribution in [3.05, 3.63) is 23.8 Å². The summed E-state index contributed by atoms with van der Waals surface area (Å²) in [6.45, 7) is 2.33. The topological polar surface area (TPSA) is 68.5 Å². The highest BCUT2D eigenvalue weighted by atomic mass is 32.1. The maximum atomic E-state index is 12.4. The Hall–Kier alpha value is -2.04. The number of nitrogens with one attached hydrogen (secondary N) is 3. The van der Waals surface area contributed by atoms with Crippen LogP contribution in [0.2, 0.25) is 0 Å². The van der Waals surface area contributed by atoms with Gasteiger partial charge in [-0.3, -0.25) is 5.43 Å². The number of quaternary nitrogens is 1. The van der Waals surface area contributed by atoms with Crippen LogP contribution in [-0.4, -0.2) is 64.4 Å². The van der Waals surface area contributed by atoms with E-state index in [-0.39, 0.29) is 11.5 Å². The molecule has 0 saturated carbocycles. The number of hydrogen-bond acceptors (Lipinski definition) is 5. The molecule has 26 heavy (non-hydrogen) atoms. The normalized spacial score (nSPS) is 15.2. The van der Waals surface area contributed by atoms with E-state index in [1.165, 1.54) is 30.4 Å². The van der Waals surface area contributed by atoms with Gasteiger partial charge < -0.3 is 24.4 Å². The standard InChI is InChI=1S/C16H22F2N4O3S/c1-23-13-3-2-12(10-14(13)25-15(17)18)11-20-21-16(26)19-4-5-22-6-8-24-9-7-22/h2-3,10-11,15H,4-9H2,1H3,(H2,19,21,26)/p+1/b20-11-. The first-order valence-corrected chi connectivity index (χ1v) is 8.60. The first-order valence-electron chi connectivity index (χ1n) is 8.19. The van der Waals surface area contributed by atoms with Crippen LogP contribution in [0.15, 0.2) is 23.3 Å². The van der Waals surface area contributed by atoms with Crippen LogP contribution in [-0.2, 0) is 4.74 Å². The molecule has 0 spiro atoms. The Morgan fingerprint density at radius 2 is 2.15 bits per heavy atom. The molecule has 1 aliphatic rings. The van der Waals surface area contributed by atoms with Gasteiger partial charge in [-0.2, -0.15) is 13.9 Å². The molecule has 0 aliphatic carbocycles. The Balaban J connectivity index is 1.76. The molecule has 1 fully saturated rings. The molecule has 0 atom stereocenters. The smallest absolute Gasteiger partial charge is 0.387 e. The van der Waals surface area contributed by atoms with Crippen molar-refractivity contribution in [2.75, 3.05) is 46.5 Å². The highest BCUT2D eigenvalue weighted by molar-refractivity contribution is 7.80. The van der Waals surface area contributed by atoms with Gasteiger partial charge in [-0.15, -0.1) is 0 Å². The van der Waals surface area contributed by atoms with Crippen LogP contribution < -0.4 is 25.1 Å². The number of thiocarbonyl (C=S) groups is 1. The number of methoxy groups -OCH3 is 1. The molecule has 7 nitrogen and oxygen atoms in total. The van der Waals surface area contributed by atoms with Gasteiger partial charge in [0.2, 0.25) is 0 Å². The third kappa shape index (κ3) is 7.06. The summed E-state index contributed by atoms with van der Waals surface area (Å²) in [5.74, 6) is 0.166. The van der Waals surface area contributed by atoms with E-state index < -0.39 is 6.61 Å². The van der Waals surface area contributed by atoms with Gasteiger partial charge >= 0.3 is 6.61 Å². The van der Waals surface area contributed by atoms with Crippen molar-refractivity contribution in [2.45, 2.75) is 6.61 Å². The van der Waals surface area contributed by atoms with Gasteiger partial charge in [0.1, 0.15) is 13.1 Å². The summed E-state index contributed by atoms with van der Waals surface area (Å²) in [7, 11) is 1.38. The first kappa shape index (κ1) is 20.3. The summed E-state index contributed by atoms with van der Waals surface area (Å²) in [6, 6.07) is 4.61. The minimum atomic E-state index is -2.93. The highest BCUT2D eigenvalue weighted by Crippen LogP contribution is 2.28. The third-order valence-corrected chi connectivity index (χ3v) is 3.98. The van der Waals surface area contributed by atoms with Crippen LogP contribution in [0.4, 0.5) is 8.78 Å². The van der Waals surface area contributed by atoms with Crippen LogP contribution >= 0.6 is 12.2 Å². The predicted molar refractivity (Wildman–Crippen MR) is 97.3 cm³/mol. The molecule has 1 aromatic carbocycles. The average Bonchev–Trinajstić information content (AvgIpc) is 2.62. The molecule has 0 amide bonds. The number of ether oxygens (including phenoxy) is 3. The summed E-state index contributed by atoms with van der Waals surface area (Å²) >= 11 is 5.14. The molecule has 0 bridgehead atoms. The number of hydrazone groups is 1. The number of nitrogens with zero attached hydrogens (tertiary/aromatic N) is 1. The van der Waals surface area contributed by atoms with Crippen LogP contribution in [0.25, 0.3) is 0 Å². The summed E-state index contributed by atoms with van der Waals surface area (Å²) in [6.07, 6.45) is 1.46. The Bertz CT molecular complexity index is 613. The molecule has 144 valence electrons. The lowest BCUT2D eigenvalue weighted by atomic mass is 10.2. The lowest BCUT2D eigenvalue weighted by Gasteiger charge is -2.23. The van der Waals surface area contributed by atoms with E-state index >= 15 is 0 Å². The number of rotatable bonds is 8. The van der Waals surface area contributed by atoms with Gasteiger partial charge in [0.25, 0.3) is 0 Å². The van der Waals surface area contributed by atoms with Gasteiger partial charge in [0, 0.05) is 0 Å². The zero-order valence-corrected chi connectivity index (χ0v) is 15.3. The fourth-order valence-corrected chi connectivity index (χ4v) is 2.58. The van der Waals surface area contributed by atoms with Crippen molar-refractivity contribution in [3.63, 3.8) is 0 Å². The molecule has 0 radical (unpaired) electrons. The zero-order chi connectivity index (χ0) is 18.8. The second-order valence-electron chi connectivity index (χ2n) is 5.53. The molecule has 3 N–H and O–H groups in total. The Morgan fingerprint density at radius 3 is 2.85 bits per heavy atom. The fraction of sp³-hybridized carbons (Fsp3) is 0.500. The average molecular weight is 389 g/mol. The molecular formula is C16H23F2N4O3S+. The predicted octanol–water partition coefficient (Wildman–Crippen LogP) is 0.00970. The van der Waals surface area contributed by atoms with E-state index in [0.29, 0.717) is 10.7 Å². The molecule has 2 rings (SSSR count). The molecule has 0 aromatic heterocycles. The van der Waals surface area contributed by atoms with Gasteiger partial charge in [-0.25, -0.2) is 0 Å². The van der Waals surface area contributed by atoms with Crippen LogP contribution in [0.5, 0.6) is 11.5 Å². The van der Waals surface area contributed by atoms with Gasteiger partial charge in [-0.1, -0.05) is 0 Å². The van der Waals surface area contributed by atoms with Crippen molar-refractivity contribution in [1.29, 1.82) is 0 Å². The molecule has 1 aromatic rings. The van der Waals surface area contributed by atoms with Gasteiger partial charge in [-0.05, 0) is 36.0 Å². The highest BCUT2D eigenvalue weighted by Gasteiger charge is 2.13. The molecule has 1 heterocycles.